The van der Waals surface area contributed by atoms with Crippen LogP contribution in [0.2, 0.25) is 0 Å². The molecule has 0 saturated heterocycles. The van der Waals surface area contributed by atoms with Crippen molar-refractivity contribution in [3.63, 3.8) is 0 Å². The van der Waals surface area contributed by atoms with E-state index < -0.39 is 42.6 Å². The maximum absolute atomic E-state index is 12.1. The van der Waals surface area contributed by atoms with E-state index in [1.807, 2.05) is 12.1 Å². The zero-order valence-corrected chi connectivity index (χ0v) is 23.4. The second kappa shape index (κ2) is 14.1. The summed E-state index contributed by atoms with van der Waals surface area (Å²) < 4.78 is 125. The lowest BCUT2D eigenvalue weighted by Crippen LogP contribution is -2.28. The highest BCUT2D eigenvalue weighted by molar-refractivity contribution is 7.99. The van der Waals surface area contributed by atoms with E-state index in [-0.39, 0.29) is 0 Å². The van der Waals surface area contributed by atoms with Gasteiger partial charge in [-0.1, -0.05) is 48.2 Å². The second-order valence-corrected chi connectivity index (χ2v) is 12.4. The third-order valence-electron chi connectivity index (χ3n) is 3.75. The minimum absolute atomic E-state index is 0.393. The van der Waals surface area contributed by atoms with Crippen molar-refractivity contribution in [1.82, 2.24) is 0 Å². The maximum Gasteiger partial charge on any atom is 0.534 e. The molecule has 1 N–H and O–H groups in total. The van der Waals surface area contributed by atoms with Gasteiger partial charge in [-0.3, -0.25) is 4.55 Å². The number of alkyl halides is 6. The number of hydrogen-bond acceptors (Lipinski definition) is 7. The van der Waals surface area contributed by atoms with Gasteiger partial charge in [0.25, 0.3) is 0 Å². The minimum atomic E-state index is -5.84. The Morgan fingerprint density at radius 3 is 1.27 bits per heavy atom. The Morgan fingerprint density at radius 2 is 0.975 bits per heavy atom. The largest absolute Gasteiger partial charge is 0.534 e. The summed E-state index contributed by atoms with van der Waals surface area (Å²) in [6.45, 7) is 5.39. The van der Waals surface area contributed by atoms with Gasteiger partial charge in [0.2, 0.25) is 0 Å². The second-order valence-electron chi connectivity index (χ2n) is 8.32. The van der Waals surface area contributed by atoms with E-state index in [4.69, 9.17) is 17.7 Å². The van der Waals surface area contributed by atoms with Gasteiger partial charge in [0.15, 0.2) is 0 Å². The first-order chi connectivity index (χ1) is 18.1. The molecule has 0 bridgehead atoms. The molecule has 0 spiro atoms. The third-order valence-corrected chi connectivity index (χ3v) is 6.33. The smallest absolute Gasteiger partial charge is 0.488 e. The van der Waals surface area contributed by atoms with Gasteiger partial charge in [0.05, 0.1) is 0 Å². The van der Waals surface area contributed by atoms with E-state index in [9.17, 15) is 34.8 Å². The normalized spacial score (nSPS) is 12.2. The molecular formula is C24H24F6O7S3. The molecule has 0 aliphatic heterocycles. The number of halogens is 6. The van der Waals surface area contributed by atoms with Crippen LogP contribution in [-0.2, 0) is 20.2 Å². The lowest BCUT2D eigenvalue weighted by Gasteiger charge is -2.21. The van der Waals surface area contributed by atoms with E-state index >= 15 is 0 Å². The molecule has 0 heterocycles. The zero-order valence-electron chi connectivity index (χ0n) is 21.0. The molecule has 40 heavy (non-hydrogen) atoms. The Bertz CT molecular complexity index is 1350. The van der Waals surface area contributed by atoms with Gasteiger partial charge >= 0.3 is 31.3 Å². The number of benzene rings is 3. The van der Waals surface area contributed by atoms with E-state index in [0.29, 0.717) is 5.75 Å². The minimum Gasteiger partial charge on any atom is -0.488 e. The van der Waals surface area contributed by atoms with Crippen LogP contribution in [0.1, 0.15) is 20.8 Å². The van der Waals surface area contributed by atoms with Gasteiger partial charge in [-0.2, -0.15) is 43.2 Å². The highest BCUT2D eigenvalue weighted by Gasteiger charge is 2.48. The van der Waals surface area contributed by atoms with Gasteiger partial charge in [-0.15, -0.1) is 0 Å². The fourth-order valence-electron chi connectivity index (χ4n) is 2.20. The lowest BCUT2D eigenvalue weighted by molar-refractivity contribution is -0.0512. The molecule has 7 nitrogen and oxygen atoms in total. The monoisotopic (exact) mass is 634 g/mol. The van der Waals surface area contributed by atoms with Gasteiger partial charge in [0, 0.05) is 9.79 Å². The third kappa shape index (κ3) is 13.4. The molecule has 222 valence electrons. The first-order valence-corrected chi connectivity index (χ1v) is 14.4. The average Bonchev–Trinajstić information content (AvgIpc) is 2.79. The molecule has 3 aromatic carbocycles. The molecule has 3 rings (SSSR count). The predicted octanol–water partition coefficient (Wildman–Crippen LogP) is 7.32. The van der Waals surface area contributed by atoms with E-state index in [0.717, 1.165) is 12.1 Å². The van der Waals surface area contributed by atoms with Crippen LogP contribution in [0, 0.1) is 0 Å². The standard InChI is InChI=1S/C12H10S.C11H13F3O4S.CHF3O3S/c1-3-7-11(8-4-1)13-12-9-5-2-6-10-12;1-10(2,3)17-8-4-6-9(7-5-8)18-19(15,16)11(12,13)14;2-1(3,4)8(5,6)7/h1-10H;4-7H,1-3H3;(H,5,6,7). The van der Waals surface area contributed by atoms with Crippen molar-refractivity contribution in [2.24, 2.45) is 0 Å². The van der Waals surface area contributed by atoms with Crippen molar-refractivity contribution in [3.8, 4) is 11.5 Å². The number of hydrogen-bond donors (Lipinski definition) is 1. The Hall–Kier alpha value is -2.95. The maximum atomic E-state index is 12.1. The predicted molar refractivity (Wildman–Crippen MR) is 137 cm³/mol. The summed E-state index contributed by atoms with van der Waals surface area (Å²) in [7, 11) is -11.5. The summed E-state index contributed by atoms with van der Waals surface area (Å²) in [5, 5.41) is 0. The van der Waals surface area contributed by atoms with Crippen LogP contribution in [-0.4, -0.2) is 38.0 Å². The fourth-order valence-corrected chi connectivity index (χ4v) is 3.52. The Morgan fingerprint density at radius 1 is 0.625 bits per heavy atom. The van der Waals surface area contributed by atoms with Crippen LogP contribution in [0.3, 0.4) is 0 Å². The van der Waals surface area contributed by atoms with Gasteiger partial charge in [-0.25, -0.2) is 0 Å². The summed E-state index contributed by atoms with van der Waals surface area (Å²) in [5.41, 5.74) is -11.5. The lowest BCUT2D eigenvalue weighted by atomic mass is 10.2. The molecule has 0 amide bonds. The van der Waals surface area contributed by atoms with E-state index in [1.165, 1.54) is 21.9 Å². The first-order valence-electron chi connectivity index (χ1n) is 10.7. The van der Waals surface area contributed by atoms with Crippen LogP contribution in [0.25, 0.3) is 0 Å². The Kier molecular flexibility index (Phi) is 12.4. The molecule has 0 unspecified atom stereocenters. The van der Waals surface area contributed by atoms with Gasteiger partial charge in [0.1, 0.15) is 17.1 Å². The van der Waals surface area contributed by atoms with Crippen molar-refractivity contribution >= 4 is 32.0 Å². The molecule has 0 atom stereocenters. The Balaban J connectivity index is 0.000000328. The van der Waals surface area contributed by atoms with Crippen LogP contribution < -0.4 is 8.92 Å². The van der Waals surface area contributed by atoms with E-state index in [1.54, 1.807) is 32.5 Å². The summed E-state index contributed by atoms with van der Waals surface area (Å²) in [6, 6.07) is 25.6. The highest BCUT2D eigenvalue weighted by atomic mass is 32.2. The molecule has 0 saturated carbocycles. The Labute approximate surface area is 232 Å². The van der Waals surface area contributed by atoms with Crippen LogP contribution in [0.4, 0.5) is 26.3 Å². The quantitative estimate of drug-likeness (QED) is 0.135. The molecular weight excluding hydrogens is 610 g/mol. The van der Waals surface area contributed by atoms with Crippen LogP contribution in [0.15, 0.2) is 94.7 Å². The summed E-state index contributed by atoms with van der Waals surface area (Å²) in [6.07, 6.45) is 0. The highest BCUT2D eigenvalue weighted by Crippen LogP contribution is 2.29. The molecule has 0 aliphatic rings. The number of ether oxygens (including phenoxy) is 1. The van der Waals surface area contributed by atoms with E-state index in [2.05, 4.69) is 52.7 Å². The van der Waals surface area contributed by atoms with Crippen molar-refractivity contribution < 1.29 is 56.7 Å². The molecule has 0 aromatic heterocycles. The van der Waals surface area contributed by atoms with Crippen molar-refractivity contribution in [2.45, 2.75) is 47.2 Å². The topological polar surface area (TPSA) is 107 Å². The molecule has 0 radical (unpaired) electrons. The van der Waals surface area contributed by atoms with Crippen LogP contribution >= 0.6 is 11.8 Å². The zero-order chi connectivity index (χ0) is 30.8. The number of rotatable bonds is 5. The summed E-state index contributed by atoms with van der Waals surface area (Å²) in [5.74, 6) is -0.0390. The SMILES string of the molecule is CC(C)(C)Oc1ccc(OS(=O)(=O)C(F)(F)F)cc1.O=S(=O)(O)C(F)(F)F.c1ccc(Sc2ccccc2)cc1. The summed E-state index contributed by atoms with van der Waals surface area (Å²) in [4.78, 5) is 2.57. The summed E-state index contributed by atoms with van der Waals surface area (Å²) >= 11 is 1.79. The van der Waals surface area contributed by atoms with Crippen molar-refractivity contribution in [3.05, 3.63) is 84.9 Å². The fraction of sp³-hybridized carbons (Fsp3) is 0.250. The molecule has 16 heteroatoms. The van der Waals surface area contributed by atoms with Gasteiger partial charge in [-0.05, 0) is 69.3 Å². The van der Waals surface area contributed by atoms with Crippen LogP contribution in [0.5, 0.6) is 11.5 Å². The van der Waals surface area contributed by atoms with Crippen molar-refractivity contribution in [1.29, 1.82) is 0 Å². The van der Waals surface area contributed by atoms with Crippen molar-refractivity contribution in [2.75, 3.05) is 0 Å². The first kappa shape index (κ1) is 35.1. The van der Waals surface area contributed by atoms with Gasteiger partial charge < -0.3 is 8.92 Å². The molecule has 0 aliphatic carbocycles. The molecule has 0 fully saturated rings. The molecule has 3 aromatic rings. The average molecular weight is 635 g/mol.